The second-order valence-corrected chi connectivity index (χ2v) is 5.77. The molecule has 22 heavy (non-hydrogen) atoms. The minimum Gasteiger partial charge on any atom is -0.481 e. The molecule has 1 aromatic carbocycles. The maximum Gasteiger partial charge on any atom is 0.303 e. The number of amides is 1. The first-order valence-electron chi connectivity index (χ1n) is 7.82. The van der Waals surface area contributed by atoms with Crippen LogP contribution in [0.5, 0.6) is 0 Å². The van der Waals surface area contributed by atoms with E-state index < -0.39 is 5.97 Å². The number of hydrogen-bond acceptors (Lipinski definition) is 2. The zero-order valence-electron chi connectivity index (χ0n) is 13.0. The summed E-state index contributed by atoms with van der Waals surface area (Å²) >= 11 is 0. The highest BCUT2D eigenvalue weighted by Crippen LogP contribution is 2.20. The van der Waals surface area contributed by atoms with Crippen LogP contribution >= 0.6 is 0 Å². The van der Waals surface area contributed by atoms with Gasteiger partial charge in [-0.15, -0.1) is 0 Å². The summed E-state index contributed by atoms with van der Waals surface area (Å²) in [6.45, 7) is 3.29. The fourth-order valence-corrected chi connectivity index (χ4v) is 2.74. The summed E-state index contributed by atoms with van der Waals surface area (Å²) < 4.78 is 0. The number of benzene rings is 1. The van der Waals surface area contributed by atoms with E-state index in [1.807, 2.05) is 30.0 Å². The van der Waals surface area contributed by atoms with E-state index in [0.29, 0.717) is 13.0 Å². The summed E-state index contributed by atoms with van der Waals surface area (Å²) in [7, 11) is 0. The topological polar surface area (TPSA) is 57.6 Å². The van der Waals surface area contributed by atoms with E-state index in [2.05, 4.69) is 12.1 Å². The Hall–Kier alpha value is -2.10. The van der Waals surface area contributed by atoms with Crippen molar-refractivity contribution in [2.75, 3.05) is 6.54 Å². The number of aliphatic carboxylic acids is 1. The number of fused-ring (bicyclic) bond motifs is 1. The summed E-state index contributed by atoms with van der Waals surface area (Å²) in [5, 5.41) is 8.58. The number of allylic oxidation sites excluding steroid dienone is 1. The molecule has 1 amide bonds. The van der Waals surface area contributed by atoms with E-state index in [1.54, 1.807) is 0 Å². The molecule has 0 fully saturated rings. The third-order valence-electron chi connectivity index (χ3n) is 4.05. The SMILES string of the molecule is CC(=CCCCCC(=O)O)C(=O)N1CCc2ccccc2C1. The van der Waals surface area contributed by atoms with Crippen LogP contribution in [-0.2, 0) is 22.6 Å². The maximum absolute atomic E-state index is 12.4. The van der Waals surface area contributed by atoms with Gasteiger partial charge < -0.3 is 10.0 Å². The van der Waals surface area contributed by atoms with Gasteiger partial charge in [0, 0.05) is 25.1 Å². The smallest absolute Gasteiger partial charge is 0.303 e. The molecule has 4 nitrogen and oxygen atoms in total. The average molecular weight is 301 g/mol. The molecule has 0 atom stereocenters. The minimum atomic E-state index is -0.760. The Morgan fingerprint density at radius 3 is 2.68 bits per heavy atom. The largest absolute Gasteiger partial charge is 0.481 e. The van der Waals surface area contributed by atoms with Gasteiger partial charge in [-0.3, -0.25) is 9.59 Å². The number of carbonyl (C=O) groups is 2. The molecule has 0 aromatic heterocycles. The van der Waals surface area contributed by atoms with Crippen molar-refractivity contribution in [3.63, 3.8) is 0 Å². The molecule has 0 saturated carbocycles. The lowest BCUT2D eigenvalue weighted by Gasteiger charge is -2.29. The maximum atomic E-state index is 12.4. The summed E-state index contributed by atoms with van der Waals surface area (Å²) in [4.78, 5) is 24.8. The van der Waals surface area contributed by atoms with Gasteiger partial charge in [0.25, 0.3) is 0 Å². The highest BCUT2D eigenvalue weighted by molar-refractivity contribution is 5.92. The van der Waals surface area contributed by atoms with Gasteiger partial charge in [0.15, 0.2) is 0 Å². The standard InChI is InChI=1S/C18H23NO3/c1-14(7-3-2-4-10-17(20)21)18(22)19-12-11-15-8-5-6-9-16(15)13-19/h5-9H,2-4,10-13H2,1H3,(H,20,21). The third-order valence-corrected chi connectivity index (χ3v) is 4.05. The predicted octanol–water partition coefficient (Wildman–Crippen LogP) is 3.16. The second-order valence-electron chi connectivity index (χ2n) is 5.77. The van der Waals surface area contributed by atoms with E-state index >= 15 is 0 Å². The van der Waals surface area contributed by atoms with E-state index in [0.717, 1.165) is 31.4 Å². The molecule has 1 aliphatic heterocycles. The Balaban J connectivity index is 1.85. The lowest BCUT2D eigenvalue weighted by Crippen LogP contribution is -2.36. The monoisotopic (exact) mass is 301 g/mol. The molecule has 1 N–H and O–H groups in total. The summed E-state index contributed by atoms with van der Waals surface area (Å²) in [6, 6.07) is 8.26. The fraction of sp³-hybridized carbons (Fsp3) is 0.444. The van der Waals surface area contributed by atoms with Crippen LogP contribution in [0.25, 0.3) is 0 Å². The van der Waals surface area contributed by atoms with Crippen molar-refractivity contribution in [1.29, 1.82) is 0 Å². The number of carbonyl (C=O) groups excluding carboxylic acids is 1. The van der Waals surface area contributed by atoms with Crippen LogP contribution in [0.15, 0.2) is 35.9 Å². The van der Waals surface area contributed by atoms with Gasteiger partial charge in [-0.05, 0) is 43.7 Å². The quantitative estimate of drug-likeness (QED) is 0.648. The van der Waals surface area contributed by atoms with Crippen molar-refractivity contribution in [2.45, 2.75) is 45.6 Å². The Morgan fingerprint density at radius 2 is 1.95 bits per heavy atom. The zero-order chi connectivity index (χ0) is 15.9. The van der Waals surface area contributed by atoms with Crippen LogP contribution in [0.2, 0.25) is 0 Å². The van der Waals surface area contributed by atoms with Crippen molar-refractivity contribution in [2.24, 2.45) is 0 Å². The minimum absolute atomic E-state index is 0.0905. The molecule has 0 bridgehead atoms. The van der Waals surface area contributed by atoms with E-state index in [-0.39, 0.29) is 12.3 Å². The molecule has 118 valence electrons. The van der Waals surface area contributed by atoms with Crippen molar-refractivity contribution >= 4 is 11.9 Å². The van der Waals surface area contributed by atoms with Crippen LogP contribution < -0.4 is 0 Å². The molecule has 0 radical (unpaired) electrons. The number of rotatable bonds is 6. The molecular weight excluding hydrogens is 278 g/mol. The van der Waals surface area contributed by atoms with Gasteiger partial charge in [-0.2, -0.15) is 0 Å². The highest BCUT2D eigenvalue weighted by Gasteiger charge is 2.20. The fourth-order valence-electron chi connectivity index (χ4n) is 2.74. The van der Waals surface area contributed by atoms with Gasteiger partial charge in [-0.1, -0.05) is 30.3 Å². The summed E-state index contributed by atoms with van der Waals surface area (Å²) in [6.07, 6.45) is 5.27. The van der Waals surface area contributed by atoms with Crippen molar-refractivity contribution < 1.29 is 14.7 Å². The predicted molar refractivity (Wildman–Crippen MR) is 85.4 cm³/mol. The number of carboxylic acid groups (broad SMARTS) is 1. The van der Waals surface area contributed by atoms with Crippen molar-refractivity contribution in [3.8, 4) is 0 Å². The molecule has 4 heteroatoms. The average Bonchev–Trinajstić information content (AvgIpc) is 2.52. The molecule has 1 aromatic rings. The first kappa shape index (κ1) is 16.3. The number of nitrogens with zero attached hydrogens (tertiary/aromatic N) is 1. The Labute approximate surface area is 131 Å². The van der Waals surface area contributed by atoms with E-state index in [1.165, 1.54) is 11.1 Å². The van der Waals surface area contributed by atoms with Crippen molar-refractivity contribution in [1.82, 2.24) is 4.90 Å². The van der Waals surface area contributed by atoms with Gasteiger partial charge in [0.1, 0.15) is 0 Å². The molecule has 0 unspecified atom stereocenters. The van der Waals surface area contributed by atoms with Gasteiger partial charge in [0.2, 0.25) is 5.91 Å². The van der Waals surface area contributed by atoms with Gasteiger partial charge in [-0.25, -0.2) is 0 Å². The summed E-state index contributed by atoms with van der Waals surface area (Å²) in [5.41, 5.74) is 3.33. The van der Waals surface area contributed by atoms with Crippen LogP contribution in [0.3, 0.4) is 0 Å². The Morgan fingerprint density at radius 1 is 1.23 bits per heavy atom. The lowest BCUT2D eigenvalue weighted by molar-refractivity contribution is -0.137. The van der Waals surface area contributed by atoms with Gasteiger partial charge in [0.05, 0.1) is 0 Å². The zero-order valence-corrected chi connectivity index (χ0v) is 13.0. The molecule has 2 rings (SSSR count). The molecule has 0 spiro atoms. The third kappa shape index (κ3) is 4.45. The summed E-state index contributed by atoms with van der Waals surface area (Å²) in [5.74, 6) is -0.670. The lowest BCUT2D eigenvalue weighted by atomic mass is 9.99. The molecular formula is C18H23NO3. The first-order valence-corrected chi connectivity index (χ1v) is 7.82. The normalized spacial score (nSPS) is 14.6. The molecule has 0 aliphatic carbocycles. The van der Waals surface area contributed by atoms with Crippen LogP contribution in [-0.4, -0.2) is 28.4 Å². The molecule has 1 aliphatic rings. The van der Waals surface area contributed by atoms with Gasteiger partial charge >= 0.3 is 5.97 Å². The number of unbranched alkanes of at least 4 members (excludes halogenated alkanes) is 2. The molecule has 1 heterocycles. The van der Waals surface area contributed by atoms with Crippen LogP contribution in [0.4, 0.5) is 0 Å². The molecule has 0 saturated heterocycles. The van der Waals surface area contributed by atoms with Crippen molar-refractivity contribution in [3.05, 3.63) is 47.0 Å². The second kappa shape index (κ2) is 7.78. The Bertz CT molecular complexity index is 577. The van der Waals surface area contributed by atoms with Crippen LogP contribution in [0.1, 0.15) is 43.7 Å². The highest BCUT2D eigenvalue weighted by atomic mass is 16.4. The Kier molecular flexibility index (Phi) is 5.75. The van der Waals surface area contributed by atoms with E-state index in [9.17, 15) is 9.59 Å². The van der Waals surface area contributed by atoms with E-state index in [4.69, 9.17) is 5.11 Å². The first-order chi connectivity index (χ1) is 10.6. The van der Waals surface area contributed by atoms with Crippen LogP contribution in [0, 0.1) is 0 Å². The number of carboxylic acids is 1. The number of hydrogen-bond donors (Lipinski definition) is 1.